The van der Waals surface area contributed by atoms with Gasteiger partial charge in [0.15, 0.2) is 5.96 Å². The van der Waals surface area contributed by atoms with Gasteiger partial charge in [0.2, 0.25) is 0 Å². The molecule has 1 rings (SSSR count). The number of benzene rings is 1. The Kier molecular flexibility index (Phi) is 8.20. The second kappa shape index (κ2) is 9.27. The van der Waals surface area contributed by atoms with E-state index in [-0.39, 0.29) is 5.96 Å². The molecule has 0 heterocycles. The van der Waals surface area contributed by atoms with E-state index in [0.29, 0.717) is 6.54 Å². The minimum Gasteiger partial charge on any atom is -0.382 e. The highest BCUT2D eigenvalue weighted by atomic mass is 15.0. The van der Waals surface area contributed by atoms with Gasteiger partial charge >= 0.3 is 0 Å². The van der Waals surface area contributed by atoms with E-state index in [1.807, 2.05) is 32.1 Å². The predicted octanol–water partition coefficient (Wildman–Crippen LogP) is 2.22. The minimum absolute atomic E-state index is 0.0709. The van der Waals surface area contributed by atoms with Gasteiger partial charge in [0.05, 0.1) is 0 Å². The molecule has 1 aromatic rings. The molecular formula is C13H22N4. The van der Waals surface area contributed by atoms with Crippen LogP contribution in [-0.2, 0) is 0 Å². The van der Waals surface area contributed by atoms with Crippen molar-refractivity contribution in [2.24, 2.45) is 16.5 Å². The molecule has 0 bridgehead atoms. The number of rotatable bonds is 4. The number of nitrogens with zero attached hydrogens (tertiary/aromatic N) is 1. The van der Waals surface area contributed by atoms with Gasteiger partial charge in [-0.25, -0.2) is 4.99 Å². The largest absolute Gasteiger partial charge is 0.382 e. The first kappa shape index (κ1) is 15.0. The Labute approximate surface area is 103 Å². The summed E-state index contributed by atoms with van der Waals surface area (Å²) < 4.78 is 0. The zero-order chi connectivity index (χ0) is 13.1. The maximum atomic E-state index is 5.16. The second-order valence-electron chi connectivity index (χ2n) is 3.19. The van der Waals surface area contributed by atoms with E-state index in [1.54, 1.807) is 6.20 Å². The number of anilines is 1. The summed E-state index contributed by atoms with van der Waals surface area (Å²) in [5.41, 5.74) is 12.6. The molecule has 0 radical (unpaired) electrons. The van der Waals surface area contributed by atoms with Crippen molar-refractivity contribution in [2.45, 2.75) is 20.8 Å². The molecule has 0 spiro atoms. The Morgan fingerprint density at radius 1 is 1.24 bits per heavy atom. The lowest BCUT2D eigenvalue weighted by molar-refractivity contribution is 1.30. The average Bonchev–Trinajstić information content (AvgIpc) is 2.33. The molecule has 4 nitrogen and oxygen atoms in total. The molecule has 94 valence electrons. The van der Waals surface area contributed by atoms with Crippen molar-refractivity contribution in [3.63, 3.8) is 0 Å². The normalized spacial score (nSPS) is 9.35. The number of nitrogens with two attached hydrogens (primary N) is 2. The average molecular weight is 234 g/mol. The number of aliphatic imine (C=N–C) groups is 1. The topological polar surface area (TPSA) is 76.4 Å². The van der Waals surface area contributed by atoms with Gasteiger partial charge in [-0.3, -0.25) is 0 Å². The van der Waals surface area contributed by atoms with Crippen molar-refractivity contribution >= 4 is 11.6 Å². The number of nitrogens with one attached hydrogen (secondary N) is 1. The summed E-state index contributed by atoms with van der Waals surface area (Å²) in [5, 5.41) is 3.21. The third-order valence-corrected chi connectivity index (χ3v) is 1.80. The fraction of sp³-hybridized carbons (Fsp3) is 0.308. The smallest absolute Gasteiger partial charge is 0.190 e. The molecule has 0 saturated carbocycles. The number of guanidine groups is 1. The van der Waals surface area contributed by atoms with Gasteiger partial charge in [-0.2, -0.15) is 0 Å². The summed E-state index contributed by atoms with van der Waals surface area (Å²) in [6.07, 6.45) is 3.43. The predicted molar refractivity (Wildman–Crippen MR) is 76.0 cm³/mol. The van der Waals surface area contributed by atoms with E-state index in [0.717, 1.165) is 5.69 Å². The monoisotopic (exact) mass is 234 g/mol. The van der Waals surface area contributed by atoms with Gasteiger partial charge in [0.1, 0.15) is 0 Å². The molecule has 17 heavy (non-hydrogen) atoms. The van der Waals surface area contributed by atoms with Crippen LogP contribution in [0.3, 0.4) is 0 Å². The number of hydrogen-bond acceptors (Lipinski definition) is 2. The SMILES string of the molecule is CC.Cc1ccc(NC/C=C\N=C(N)N)cc1. The molecule has 0 aromatic heterocycles. The number of hydrogen-bond donors (Lipinski definition) is 3. The maximum absolute atomic E-state index is 5.16. The van der Waals surface area contributed by atoms with Crippen LogP contribution < -0.4 is 16.8 Å². The Hall–Kier alpha value is -1.97. The van der Waals surface area contributed by atoms with E-state index >= 15 is 0 Å². The van der Waals surface area contributed by atoms with Crippen molar-refractivity contribution in [2.75, 3.05) is 11.9 Å². The molecule has 0 amide bonds. The Balaban J connectivity index is 0.00000121. The van der Waals surface area contributed by atoms with Gasteiger partial charge in [-0.15, -0.1) is 0 Å². The third-order valence-electron chi connectivity index (χ3n) is 1.80. The van der Waals surface area contributed by atoms with Crippen molar-refractivity contribution in [1.29, 1.82) is 0 Å². The third kappa shape index (κ3) is 7.90. The van der Waals surface area contributed by atoms with Crippen LogP contribution in [0.1, 0.15) is 19.4 Å². The van der Waals surface area contributed by atoms with Gasteiger partial charge in [-0.05, 0) is 25.1 Å². The standard InChI is InChI=1S/C11H16N4.C2H6/c1-9-3-5-10(6-4-9)14-7-2-8-15-11(12)13;1-2/h2-6,8,14H,7H2,1H3,(H4,12,13,15);1-2H3/b8-2-;. The lowest BCUT2D eigenvalue weighted by Gasteiger charge is -2.02. The van der Waals surface area contributed by atoms with Gasteiger partial charge in [0.25, 0.3) is 0 Å². The van der Waals surface area contributed by atoms with Crippen molar-refractivity contribution < 1.29 is 0 Å². The quantitative estimate of drug-likeness (QED) is 0.552. The molecule has 0 saturated heterocycles. The summed E-state index contributed by atoms with van der Waals surface area (Å²) in [4.78, 5) is 3.72. The van der Waals surface area contributed by atoms with E-state index in [2.05, 4.69) is 29.4 Å². The molecule has 5 N–H and O–H groups in total. The maximum Gasteiger partial charge on any atom is 0.190 e. The molecule has 0 aliphatic carbocycles. The molecule has 0 aliphatic rings. The zero-order valence-electron chi connectivity index (χ0n) is 10.8. The van der Waals surface area contributed by atoms with Gasteiger partial charge in [0, 0.05) is 18.4 Å². The van der Waals surface area contributed by atoms with Crippen LogP contribution in [0.15, 0.2) is 41.5 Å². The van der Waals surface area contributed by atoms with E-state index in [9.17, 15) is 0 Å². The first-order valence-electron chi connectivity index (χ1n) is 5.73. The van der Waals surface area contributed by atoms with Gasteiger partial charge < -0.3 is 16.8 Å². The Bertz CT molecular complexity index is 348. The summed E-state index contributed by atoms with van der Waals surface area (Å²) in [7, 11) is 0. The zero-order valence-corrected chi connectivity index (χ0v) is 10.8. The lowest BCUT2D eigenvalue weighted by Crippen LogP contribution is -2.21. The fourth-order valence-electron chi connectivity index (χ4n) is 1.04. The lowest BCUT2D eigenvalue weighted by atomic mass is 10.2. The first-order valence-corrected chi connectivity index (χ1v) is 5.73. The van der Waals surface area contributed by atoms with Crippen molar-refractivity contribution in [3.8, 4) is 0 Å². The second-order valence-corrected chi connectivity index (χ2v) is 3.19. The molecular weight excluding hydrogens is 212 g/mol. The fourth-order valence-corrected chi connectivity index (χ4v) is 1.04. The van der Waals surface area contributed by atoms with E-state index < -0.39 is 0 Å². The minimum atomic E-state index is 0.0709. The Morgan fingerprint density at radius 3 is 2.35 bits per heavy atom. The van der Waals surface area contributed by atoms with Gasteiger partial charge in [-0.1, -0.05) is 31.5 Å². The molecule has 1 aromatic carbocycles. The van der Waals surface area contributed by atoms with Crippen LogP contribution in [0.5, 0.6) is 0 Å². The van der Waals surface area contributed by atoms with Crippen LogP contribution in [-0.4, -0.2) is 12.5 Å². The van der Waals surface area contributed by atoms with Crippen LogP contribution in [0.25, 0.3) is 0 Å². The summed E-state index contributed by atoms with van der Waals surface area (Å²) in [6, 6.07) is 8.18. The summed E-state index contributed by atoms with van der Waals surface area (Å²) in [6.45, 7) is 6.75. The van der Waals surface area contributed by atoms with Crippen LogP contribution in [0.4, 0.5) is 5.69 Å². The van der Waals surface area contributed by atoms with E-state index in [4.69, 9.17) is 11.5 Å². The van der Waals surface area contributed by atoms with E-state index in [1.165, 1.54) is 5.56 Å². The van der Waals surface area contributed by atoms with Crippen molar-refractivity contribution in [3.05, 3.63) is 42.1 Å². The highest BCUT2D eigenvalue weighted by molar-refractivity contribution is 5.76. The highest BCUT2D eigenvalue weighted by Crippen LogP contribution is 2.07. The molecule has 0 atom stereocenters. The molecule has 0 fully saturated rings. The molecule has 4 heteroatoms. The summed E-state index contributed by atoms with van der Waals surface area (Å²) >= 11 is 0. The molecule has 0 aliphatic heterocycles. The number of aryl methyl sites for hydroxylation is 1. The van der Waals surface area contributed by atoms with Crippen LogP contribution in [0.2, 0.25) is 0 Å². The molecule has 0 unspecified atom stereocenters. The summed E-state index contributed by atoms with van der Waals surface area (Å²) in [5.74, 6) is 0.0709. The van der Waals surface area contributed by atoms with Crippen molar-refractivity contribution in [1.82, 2.24) is 0 Å². The van der Waals surface area contributed by atoms with Crippen LogP contribution >= 0.6 is 0 Å². The highest BCUT2D eigenvalue weighted by Gasteiger charge is 1.87. The Morgan fingerprint density at radius 2 is 1.82 bits per heavy atom. The van der Waals surface area contributed by atoms with Crippen LogP contribution in [0, 0.1) is 6.92 Å². The first-order chi connectivity index (χ1) is 8.18.